The first-order valence-corrected chi connectivity index (χ1v) is 4.98. The number of H-pyrrole nitrogens is 1. The van der Waals surface area contributed by atoms with E-state index in [9.17, 15) is 4.79 Å². The van der Waals surface area contributed by atoms with Gasteiger partial charge < -0.3 is 9.72 Å². The van der Waals surface area contributed by atoms with E-state index in [-0.39, 0.29) is 11.7 Å². The topological polar surface area (TPSA) is 59.9 Å². The molecular weight excluding hydrogens is 194 g/mol. The molecule has 1 atom stereocenters. The van der Waals surface area contributed by atoms with Crippen molar-refractivity contribution in [2.45, 2.75) is 12.5 Å². The number of aromatic nitrogens is 3. The summed E-state index contributed by atoms with van der Waals surface area (Å²) in [7, 11) is 0. The molecule has 1 N–H and O–H groups in total. The van der Waals surface area contributed by atoms with Crippen LogP contribution in [0.25, 0.3) is 11.0 Å². The maximum atomic E-state index is 11.7. The van der Waals surface area contributed by atoms with Crippen LogP contribution in [0.1, 0.15) is 12.5 Å². The summed E-state index contributed by atoms with van der Waals surface area (Å²) in [6.07, 6.45) is 4.26. The molecule has 1 fully saturated rings. The van der Waals surface area contributed by atoms with E-state index in [4.69, 9.17) is 4.74 Å². The van der Waals surface area contributed by atoms with Crippen molar-refractivity contribution >= 4 is 11.0 Å². The molecule has 0 bridgehead atoms. The molecule has 0 spiro atoms. The minimum atomic E-state index is -0.0755. The maximum absolute atomic E-state index is 11.7. The second-order valence-corrected chi connectivity index (χ2v) is 3.71. The molecule has 5 nitrogen and oxygen atoms in total. The highest BCUT2D eigenvalue weighted by molar-refractivity contribution is 5.73. The number of hydrogen-bond acceptors (Lipinski definition) is 3. The van der Waals surface area contributed by atoms with E-state index in [0.717, 1.165) is 24.1 Å². The Labute approximate surface area is 85.7 Å². The van der Waals surface area contributed by atoms with Crippen LogP contribution in [-0.2, 0) is 4.74 Å². The summed E-state index contributed by atoms with van der Waals surface area (Å²) in [6, 6.07) is 2.01. The van der Waals surface area contributed by atoms with Crippen LogP contribution in [0, 0.1) is 0 Å². The summed E-state index contributed by atoms with van der Waals surface area (Å²) in [5.41, 5.74) is 1.62. The van der Waals surface area contributed by atoms with E-state index >= 15 is 0 Å². The molecule has 0 amide bonds. The van der Waals surface area contributed by atoms with Crippen LogP contribution in [0.5, 0.6) is 0 Å². The molecule has 2 aromatic rings. The van der Waals surface area contributed by atoms with Crippen molar-refractivity contribution in [1.82, 2.24) is 14.5 Å². The van der Waals surface area contributed by atoms with Crippen molar-refractivity contribution in [3.05, 3.63) is 28.9 Å². The fraction of sp³-hybridized carbons (Fsp3) is 0.400. The molecule has 0 aromatic carbocycles. The number of aromatic amines is 1. The van der Waals surface area contributed by atoms with Gasteiger partial charge >= 0.3 is 5.69 Å². The molecule has 3 heterocycles. The average molecular weight is 205 g/mol. The van der Waals surface area contributed by atoms with Gasteiger partial charge in [0.1, 0.15) is 0 Å². The quantitative estimate of drug-likeness (QED) is 0.745. The van der Waals surface area contributed by atoms with Crippen LogP contribution < -0.4 is 5.69 Å². The normalized spacial score (nSPS) is 21.2. The number of rotatable bonds is 1. The van der Waals surface area contributed by atoms with Gasteiger partial charge in [0.25, 0.3) is 0 Å². The van der Waals surface area contributed by atoms with Gasteiger partial charge in [-0.25, -0.2) is 4.79 Å². The summed E-state index contributed by atoms with van der Waals surface area (Å²) in [5, 5.41) is 0. The molecule has 78 valence electrons. The summed E-state index contributed by atoms with van der Waals surface area (Å²) in [4.78, 5) is 18.5. The number of hydrogen-bond donors (Lipinski definition) is 1. The largest absolute Gasteiger partial charge is 0.379 e. The number of nitrogens with one attached hydrogen (secondary N) is 1. The Balaban J connectivity index is 2.23. The number of ether oxygens (including phenoxy) is 1. The van der Waals surface area contributed by atoms with Gasteiger partial charge in [-0.3, -0.25) is 9.55 Å². The van der Waals surface area contributed by atoms with Crippen LogP contribution in [0.4, 0.5) is 0 Å². The Morgan fingerprint density at radius 2 is 2.53 bits per heavy atom. The summed E-state index contributed by atoms with van der Waals surface area (Å²) in [6.45, 7) is 1.35. The molecule has 5 heteroatoms. The molecule has 0 unspecified atom stereocenters. The Morgan fingerprint density at radius 1 is 1.60 bits per heavy atom. The minimum Gasteiger partial charge on any atom is -0.379 e. The van der Waals surface area contributed by atoms with Crippen LogP contribution in [0.2, 0.25) is 0 Å². The van der Waals surface area contributed by atoms with Gasteiger partial charge in [-0.2, -0.15) is 0 Å². The number of fused-ring (bicyclic) bond motifs is 1. The van der Waals surface area contributed by atoms with Crippen molar-refractivity contribution < 1.29 is 4.74 Å². The Morgan fingerprint density at radius 3 is 3.33 bits per heavy atom. The number of nitrogens with zero attached hydrogens (tertiary/aromatic N) is 2. The van der Waals surface area contributed by atoms with Gasteiger partial charge in [-0.15, -0.1) is 0 Å². The Bertz CT molecular complexity index is 537. The molecule has 3 rings (SSSR count). The van der Waals surface area contributed by atoms with Gasteiger partial charge in [0.05, 0.1) is 29.9 Å². The lowest BCUT2D eigenvalue weighted by Gasteiger charge is -2.08. The predicted octanol–water partition coefficient (Wildman–Crippen LogP) is 0.686. The summed E-state index contributed by atoms with van der Waals surface area (Å²) in [5.74, 6) is 0. The Kier molecular flexibility index (Phi) is 1.85. The summed E-state index contributed by atoms with van der Waals surface area (Å²) < 4.78 is 7.06. The Hall–Kier alpha value is -1.62. The highest BCUT2D eigenvalue weighted by atomic mass is 16.5. The van der Waals surface area contributed by atoms with Gasteiger partial charge in [0.15, 0.2) is 0 Å². The van der Waals surface area contributed by atoms with Crippen LogP contribution in [-0.4, -0.2) is 27.7 Å². The van der Waals surface area contributed by atoms with Crippen molar-refractivity contribution in [2.24, 2.45) is 0 Å². The third-order valence-electron chi connectivity index (χ3n) is 2.79. The minimum absolute atomic E-state index is 0.0755. The third-order valence-corrected chi connectivity index (χ3v) is 2.79. The average Bonchev–Trinajstić information content (AvgIpc) is 2.82. The number of pyridine rings is 1. The first-order chi connectivity index (χ1) is 7.36. The zero-order valence-electron chi connectivity index (χ0n) is 8.14. The second kappa shape index (κ2) is 3.20. The van der Waals surface area contributed by atoms with E-state index in [0.29, 0.717) is 6.61 Å². The van der Waals surface area contributed by atoms with Crippen LogP contribution in [0.15, 0.2) is 23.3 Å². The zero-order chi connectivity index (χ0) is 10.3. The lowest BCUT2D eigenvalue weighted by Crippen LogP contribution is -2.22. The standard InChI is InChI=1S/C10H11N3O2/c14-10-12-8-5-11-3-1-9(8)13(10)7-2-4-15-6-7/h1,3,5,7H,2,4,6H2,(H,12,14)/t7-/m0/s1. The van der Waals surface area contributed by atoms with Gasteiger partial charge in [-0.1, -0.05) is 0 Å². The molecule has 1 aliphatic rings. The molecular formula is C10H11N3O2. The van der Waals surface area contributed by atoms with E-state index in [1.54, 1.807) is 17.0 Å². The maximum Gasteiger partial charge on any atom is 0.326 e. The monoisotopic (exact) mass is 205 g/mol. The number of imidazole rings is 1. The zero-order valence-corrected chi connectivity index (χ0v) is 8.14. The highest BCUT2D eigenvalue weighted by Crippen LogP contribution is 2.21. The second-order valence-electron chi connectivity index (χ2n) is 3.71. The molecule has 15 heavy (non-hydrogen) atoms. The third kappa shape index (κ3) is 1.27. The van der Waals surface area contributed by atoms with E-state index in [1.807, 2.05) is 6.07 Å². The highest BCUT2D eigenvalue weighted by Gasteiger charge is 2.21. The van der Waals surface area contributed by atoms with Crippen molar-refractivity contribution in [3.8, 4) is 0 Å². The fourth-order valence-electron chi connectivity index (χ4n) is 2.07. The lowest BCUT2D eigenvalue weighted by molar-refractivity contribution is 0.186. The van der Waals surface area contributed by atoms with Crippen molar-refractivity contribution in [3.63, 3.8) is 0 Å². The van der Waals surface area contributed by atoms with E-state index < -0.39 is 0 Å². The van der Waals surface area contributed by atoms with Crippen molar-refractivity contribution in [1.29, 1.82) is 0 Å². The first-order valence-electron chi connectivity index (χ1n) is 4.98. The van der Waals surface area contributed by atoms with Gasteiger partial charge in [0, 0.05) is 12.8 Å². The molecule has 0 saturated carbocycles. The predicted molar refractivity (Wildman–Crippen MR) is 54.8 cm³/mol. The summed E-state index contributed by atoms with van der Waals surface area (Å²) >= 11 is 0. The van der Waals surface area contributed by atoms with Crippen molar-refractivity contribution in [2.75, 3.05) is 13.2 Å². The van der Waals surface area contributed by atoms with Crippen LogP contribution >= 0.6 is 0 Å². The fourth-order valence-corrected chi connectivity index (χ4v) is 2.07. The van der Waals surface area contributed by atoms with E-state index in [1.165, 1.54) is 0 Å². The molecule has 2 aromatic heterocycles. The molecule has 1 saturated heterocycles. The van der Waals surface area contributed by atoms with E-state index in [2.05, 4.69) is 9.97 Å². The first kappa shape index (κ1) is 8.67. The smallest absolute Gasteiger partial charge is 0.326 e. The van der Waals surface area contributed by atoms with Gasteiger partial charge in [0.2, 0.25) is 0 Å². The molecule has 0 aliphatic carbocycles. The van der Waals surface area contributed by atoms with Gasteiger partial charge in [-0.05, 0) is 12.5 Å². The lowest BCUT2D eigenvalue weighted by atomic mass is 10.2. The SMILES string of the molecule is O=c1[nH]c2cnccc2n1[C@H]1CCOC1. The molecule has 0 radical (unpaired) electrons. The van der Waals surface area contributed by atoms with Crippen LogP contribution in [0.3, 0.4) is 0 Å². The molecule has 1 aliphatic heterocycles.